The molecule has 11 rings (SSSR count). The maximum Gasteiger partial charge on any atom is 0.0540 e. The summed E-state index contributed by atoms with van der Waals surface area (Å²) >= 11 is 0. The maximum atomic E-state index is 2.44. The molecule has 0 heterocycles. The average molecular weight is 865 g/mol. The van der Waals surface area contributed by atoms with Crippen LogP contribution < -0.4 is 9.80 Å². The molecule has 11 aromatic rings. The van der Waals surface area contributed by atoms with Crippen LogP contribution in [-0.4, -0.2) is 7.05 Å². The highest BCUT2D eigenvalue weighted by atomic mass is 15.1. The smallest absolute Gasteiger partial charge is 0.0540 e. The van der Waals surface area contributed by atoms with Gasteiger partial charge in [-0.15, -0.1) is 0 Å². The molecule has 326 valence electrons. The molecule has 0 saturated carbocycles. The molecule has 0 bridgehead atoms. The van der Waals surface area contributed by atoms with Gasteiger partial charge in [0.05, 0.1) is 5.69 Å². The topological polar surface area (TPSA) is 6.48 Å². The number of hydrogen-bond acceptors (Lipinski definition) is 2. The summed E-state index contributed by atoms with van der Waals surface area (Å²) in [5.41, 5.74) is 13.3. The fourth-order valence-corrected chi connectivity index (χ4v) is 9.59. The highest BCUT2D eigenvalue weighted by molar-refractivity contribution is 6.22. The van der Waals surface area contributed by atoms with Crippen molar-refractivity contribution in [2.75, 3.05) is 16.8 Å². The third-order valence-corrected chi connectivity index (χ3v) is 13.3. The molecule has 0 radical (unpaired) electrons. The van der Waals surface area contributed by atoms with Crippen LogP contribution >= 0.6 is 0 Å². The van der Waals surface area contributed by atoms with E-state index in [4.69, 9.17) is 0 Å². The molecule has 0 N–H and O–H groups in total. The van der Waals surface area contributed by atoms with Crippen molar-refractivity contribution >= 4 is 71.5 Å². The van der Waals surface area contributed by atoms with Gasteiger partial charge in [-0.05, 0) is 138 Å². The molecule has 0 aromatic heterocycles. The van der Waals surface area contributed by atoms with Gasteiger partial charge in [-0.25, -0.2) is 0 Å². The van der Waals surface area contributed by atoms with Gasteiger partial charge in [0.2, 0.25) is 0 Å². The summed E-state index contributed by atoms with van der Waals surface area (Å²) in [5, 5.41) is 9.97. The molecule has 0 aliphatic rings. The van der Waals surface area contributed by atoms with Crippen LogP contribution in [0.25, 0.3) is 65.3 Å². The predicted octanol–water partition coefficient (Wildman–Crippen LogP) is 18.8. The minimum absolute atomic E-state index is 0.453. The summed E-state index contributed by atoms with van der Waals surface area (Å²) in [5.74, 6) is 0.947. The molecule has 67 heavy (non-hydrogen) atoms. The van der Waals surface area contributed by atoms with Crippen molar-refractivity contribution in [3.8, 4) is 22.3 Å². The van der Waals surface area contributed by atoms with E-state index in [1.54, 1.807) is 0 Å². The Bertz CT molecular complexity index is 3390. The molecule has 2 nitrogen and oxygen atoms in total. The van der Waals surface area contributed by atoms with Crippen molar-refractivity contribution in [2.45, 2.75) is 39.5 Å². The lowest BCUT2D eigenvalue weighted by Gasteiger charge is -2.28. The Kier molecular flexibility index (Phi) is 12.1. The summed E-state index contributed by atoms with van der Waals surface area (Å²) < 4.78 is 0. The Morgan fingerprint density at radius 1 is 0.299 bits per heavy atom. The standard InChI is InChI=1S/C55H48N2.C10H8/c1-37(2)39-23-27-44(28-24-39)56(5)46-31-33-49-51(35-46)54(42-16-8-6-9-17-42)50-34-32-47(36-52(50)55(49)43-18-10-7-11-19-43)57(45-29-25-40(26-30-45)38(3)4)53-22-14-20-41-15-12-13-21-48(41)53;1-2-6-10-8-4-3-7-9(10)5-1/h6-38H,1-5H3;1-8H. The Balaban J connectivity index is 0.000000462. The molecular weight excluding hydrogens is 809 g/mol. The highest BCUT2D eigenvalue weighted by Crippen LogP contribution is 2.48. The van der Waals surface area contributed by atoms with Crippen LogP contribution in [0.2, 0.25) is 0 Å². The average Bonchev–Trinajstić information content (AvgIpc) is 3.38. The van der Waals surface area contributed by atoms with Gasteiger partial charge < -0.3 is 9.80 Å². The minimum atomic E-state index is 0.453. The third-order valence-electron chi connectivity index (χ3n) is 13.3. The largest absolute Gasteiger partial charge is 0.345 e. The van der Waals surface area contributed by atoms with Gasteiger partial charge in [-0.2, -0.15) is 0 Å². The van der Waals surface area contributed by atoms with Crippen LogP contribution in [0.3, 0.4) is 0 Å². The van der Waals surface area contributed by atoms with Crippen molar-refractivity contribution in [3.63, 3.8) is 0 Å². The molecule has 0 aliphatic carbocycles. The normalized spacial score (nSPS) is 11.3. The summed E-state index contributed by atoms with van der Waals surface area (Å²) in [6.07, 6.45) is 0. The number of rotatable bonds is 9. The number of benzene rings is 11. The SMILES string of the molecule is CC(C)c1ccc(N(C)c2ccc3c(-c4ccccc4)c4cc(N(c5ccc(C(C)C)cc5)c5cccc6ccccc56)ccc4c(-c4ccccc4)c3c2)cc1.c1ccc2ccccc2c1. The van der Waals surface area contributed by atoms with E-state index in [1.165, 1.54) is 82.2 Å². The number of anilines is 5. The summed E-state index contributed by atoms with van der Waals surface area (Å²) in [7, 11) is 2.18. The van der Waals surface area contributed by atoms with Crippen LogP contribution in [0, 0.1) is 0 Å². The molecule has 2 heteroatoms. The zero-order valence-corrected chi connectivity index (χ0v) is 39.1. The van der Waals surface area contributed by atoms with Crippen LogP contribution in [0.1, 0.15) is 50.7 Å². The summed E-state index contributed by atoms with van der Waals surface area (Å²) in [4.78, 5) is 4.75. The first-order chi connectivity index (χ1) is 32.8. The first-order valence-electron chi connectivity index (χ1n) is 23.6. The summed E-state index contributed by atoms with van der Waals surface area (Å²) in [6.45, 7) is 9.00. The lowest BCUT2D eigenvalue weighted by molar-refractivity contribution is 0.866. The fraction of sp³-hybridized carbons (Fsp3) is 0.108. The Hall–Kier alpha value is -7.94. The molecule has 11 aromatic carbocycles. The summed E-state index contributed by atoms with van der Waals surface area (Å²) in [6, 6.07) is 86.2. The molecule has 0 spiro atoms. The van der Waals surface area contributed by atoms with Gasteiger partial charge in [0.1, 0.15) is 0 Å². The Labute approximate surface area is 396 Å². The van der Waals surface area contributed by atoms with Gasteiger partial charge in [-0.1, -0.05) is 210 Å². The Morgan fingerprint density at radius 2 is 0.701 bits per heavy atom. The van der Waals surface area contributed by atoms with E-state index >= 15 is 0 Å². The van der Waals surface area contributed by atoms with E-state index in [0.717, 1.165) is 22.7 Å². The molecule has 0 unspecified atom stereocenters. The monoisotopic (exact) mass is 864 g/mol. The van der Waals surface area contributed by atoms with Crippen molar-refractivity contribution in [1.29, 1.82) is 0 Å². The van der Waals surface area contributed by atoms with E-state index in [1.807, 2.05) is 0 Å². The van der Waals surface area contributed by atoms with E-state index in [0.29, 0.717) is 11.8 Å². The van der Waals surface area contributed by atoms with Gasteiger partial charge >= 0.3 is 0 Å². The quantitative estimate of drug-likeness (QED) is 0.133. The van der Waals surface area contributed by atoms with E-state index in [-0.39, 0.29) is 0 Å². The lowest BCUT2D eigenvalue weighted by Crippen LogP contribution is -2.11. The third kappa shape index (κ3) is 8.67. The minimum Gasteiger partial charge on any atom is -0.345 e. The number of fused-ring (bicyclic) bond motifs is 4. The van der Waals surface area contributed by atoms with E-state index < -0.39 is 0 Å². The number of nitrogens with zero attached hydrogens (tertiary/aromatic N) is 2. The van der Waals surface area contributed by atoms with Gasteiger partial charge in [-0.3, -0.25) is 0 Å². The van der Waals surface area contributed by atoms with Gasteiger partial charge in [0, 0.05) is 35.2 Å². The molecular formula is C65H56N2. The Morgan fingerprint density at radius 3 is 1.21 bits per heavy atom. The van der Waals surface area contributed by atoms with Gasteiger partial charge in [0.15, 0.2) is 0 Å². The van der Waals surface area contributed by atoms with Gasteiger partial charge in [0.25, 0.3) is 0 Å². The predicted molar refractivity (Wildman–Crippen MR) is 291 cm³/mol. The molecule has 0 atom stereocenters. The van der Waals surface area contributed by atoms with Crippen LogP contribution in [0.5, 0.6) is 0 Å². The fourth-order valence-electron chi connectivity index (χ4n) is 9.59. The molecule has 0 fully saturated rings. The van der Waals surface area contributed by atoms with Crippen molar-refractivity contribution in [1.82, 2.24) is 0 Å². The van der Waals surface area contributed by atoms with E-state index in [2.05, 4.69) is 281 Å². The zero-order chi connectivity index (χ0) is 45.9. The molecule has 0 aliphatic heterocycles. The lowest BCUT2D eigenvalue weighted by atomic mass is 9.85. The second-order valence-corrected chi connectivity index (χ2v) is 18.2. The van der Waals surface area contributed by atoms with E-state index in [9.17, 15) is 0 Å². The second-order valence-electron chi connectivity index (χ2n) is 18.2. The zero-order valence-electron chi connectivity index (χ0n) is 39.1. The van der Waals surface area contributed by atoms with Crippen molar-refractivity contribution in [3.05, 3.63) is 248 Å². The molecule has 0 amide bonds. The van der Waals surface area contributed by atoms with Crippen LogP contribution in [-0.2, 0) is 0 Å². The van der Waals surface area contributed by atoms with Crippen molar-refractivity contribution in [2.24, 2.45) is 0 Å². The molecule has 0 saturated heterocycles. The number of hydrogen-bond donors (Lipinski definition) is 0. The first kappa shape index (κ1) is 43.0. The second kappa shape index (κ2) is 18.9. The van der Waals surface area contributed by atoms with Crippen LogP contribution in [0.4, 0.5) is 28.4 Å². The van der Waals surface area contributed by atoms with Crippen molar-refractivity contribution < 1.29 is 0 Å². The highest BCUT2D eigenvalue weighted by Gasteiger charge is 2.22. The van der Waals surface area contributed by atoms with Crippen LogP contribution in [0.15, 0.2) is 237 Å². The first-order valence-corrected chi connectivity index (χ1v) is 23.6. The maximum absolute atomic E-state index is 2.44.